The molecule has 1 heterocycles. The van der Waals surface area contributed by atoms with E-state index in [-0.39, 0.29) is 5.56 Å². The molecule has 0 aliphatic heterocycles. The normalized spacial score (nSPS) is 10.2. The first-order valence-corrected chi connectivity index (χ1v) is 6.98. The third-order valence-corrected chi connectivity index (χ3v) is 3.58. The molecule has 0 saturated heterocycles. The third-order valence-electron chi connectivity index (χ3n) is 3.58. The van der Waals surface area contributed by atoms with Crippen LogP contribution in [0.15, 0.2) is 71.7 Å². The van der Waals surface area contributed by atoms with Gasteiger partial charge in [-0.3, -0.25) is 9.36 Å². The van der Waals surface area contributed by atoms with E-state index in [0.717, 1.165) is 16.8 Å². The van der Waals surface area contributed by atoms with Gasteiger partial charge in [-0.2, -0.15) is 5.26 Å². The van der Waals surface area contributed by atoms with Crippen molar-refractivity contribution in [3.8, 4) is 22.9 Å². The highest BCUT2D eigenvalue weighted by Crippen LogP contribution is 2.17. The summed E-state index contributed by atoms with van der Waals surface area (Å²) in [5.41, 5.74) is 3.97. The molecule has 0 radical (unpaired) electrons. The predicted octanol–water partition coefficient (Wildman–Crippen LogP) is 3.68. The van der Waals surface area contributed by atoms with Gasteiger partial charge in [-0.25, -0.2) is 0 Å². The topological polar surface area (TPSA) is 45.8 Å². The molecule has 2 aromatic carbocycles. The maximum atomic E-state index is 12.7. The van der Waals surface area contributed by atoms with Crippen molar-refractivity contribution in [3.63, 3.8) is 0 Å². The van der Waals surface area contributed by atoms with Gasteiger partial charge in [0, 0.05) is 17.4 Å². The molecule has 3 aromatic rings. The lowest BCUT2D eigenvalue weighted by molar-refractivity contribution is 0.993. The van der Waals surface area contributed by atoms with Crippen LogP contribution in [0.3, 0.4) is 0 Å². The Labute approximate surface area is 128 Å². The number of rotatable bonds is 2. The van der Waals surface area contributed by atoms with Gasteiger partial charge >= 0.3 is 0 Å². The van der Waals surface area contributed by atoms with E-state index in [1.807, 2.05) is 43.3 Å². The standard InChI is InChI=1S/C19H14N2O/c1-14-4-8-16(9-5-14)18-3-2-12-21(19(18)22)17-10-6-15(13-20)7-11-17/h2-12H,1H3. The summed E-state index contributed by atoms with van der Waals surface area (Å²) in [5, 5.41) is 8.85. The van der Waals surface area contributed by atoms with Crippen molar-refractivity contribution in [2.45, 2.75) is 6.92 Å². The minimum atomic E-state index is -0.0731. The molecule has 0 amide bonds. The summed E-state index contributed by atoms with van der Waals surface area (Å²) < 4.78 is 1.59. The van der Waals surface area contributed by atoms with Crippen molar-refractivity contribution in [2.75, 3.05) is 0 Å². The third kappa shape index (κ3) is 2.55. The van der Waals surface area contributed by atoms with E-state index >= 15 is 0 Å². The molecule has 3 rings (SSSR count). The van der Waals surface area contributed by atoms with Crippen LogP contribution in [0.5, 0.6) is 0 Å². The van der Waals surface area contributed by atoms with Crippen LogP contribution in [0.4, 0.5) is 0 Å². The fourth-order valence-corrected chi connectivity index (χ4v) is 2.35. The number of hydrogen-bond acceptors (Lipinski definition) is 2. The molecule has 22 heavy (non-hydrogen) atoms. The average molecular weight is 286 g/mol. The Morgan fingerprint density at radius 1 is 0.955 bits per heavy atom. The molecular weight excluding hydrogens is 272 g/mol. The smallest absolute Gasteiger partial charge is 0.262 e. The highest BCUT2D eigenvalue weighted by Gasteiger charge is 2.07. The number of nitrogens with zero attached hydrogens (tertiary/aromatic N) is 2. The van der Waals surface area contributed by atoms with Gasteiger partial charge < -0.3 is 0 Å². The van der Waals surface area contributed by atoms with E-state index in [4.69, 9.17) is 5.26 Å². The largest absolute Gasteiger partial charge is 0.284 e. The minimum Gasteiger partial charge on any atom is -0.284 e. The fraction of sp³-hybridized carbons (Fsp3) is 0.0526. The Kier molecular flexibility index (Phi) is 3.59. The van der Waals surface area contributed by atoms with Crippen molar-refractivity contribution in [2.24, 2.45) is 0 Å². The summed E-state index contributed by atoms with van der Waals surface area (Å²) in [6.45, 7) is 2.02. The van der Waals surface area contributed by atoms with Crippen LogP contribution in [-0.2, 0) is 0 Å². The Balaban J connectivity index is 2.11. The van der Waals surface area contributed by atoms with E-state index in [1.54, 1.807) is 35.0 Å². The number of pyridine rings is 1. The van der Waals surface area contributed by atoms with Crippen LogP contribution >= 0.6 is 0 Å². The molecule has 0 aliphatic rings. The molecule has 106 valence electrons. The van der Waals surface area contributed by atoms with Crippen molar-refractivity contribution >= 4 is 0 Å². The molecule has 0 bridgehead atoms. The summed E-state index contributed by atoms with van der Waals surface area (Å²) in [5.74, 6) is 0. The highest BCUT2D eigenvalue weighted by molar-refractivity contribution is 5.63. The van der Waals surface area contributed by atoms with Gasteiger partial charge in [0.05, 0.1) is 11.6 Å². The second-order valence-electron chi connectivity index (χ2n) is 5.12. The quantitative estimate of drug-likeness (QED) is 0.721. The molecule has 3 nitrogen and oxygen atoms in total. The van der Waals surface area contributed by atoms with Crippen molar-refractivity contribution in [3.05, 3.63) is 88.3 Å². The molecule has 0 fully saturated rings. The lowest BCUT2D eigenvalue weighted by atomic mass is 10.1. The van der Waals surface area contributed by atoms with Crippen LogP contribution in [0, 0.1) is 18.3 Å². The average Bonchev–Trinajstić information content (AvgIpc) is 2.56. The Bertz CT molecular complexity index is 898. The summed E-state index contributed by atoms with van der Waals surface area (Å²) in [4.78, 5) is 12.7. The second-order valence-corrected chi connectivity index (χ2v) is 5.12. The first-order chi connectivity index (χ1) is 10.7. The molecule has 0 atom stereocenters. The van der Waals surface area contributed by atoms with Crippen molar-refractivity contribution in [1.82, 2.24) is 4.57 Å². The molecule has 0 unspecified atom stereocenters. The molecule has 3 heteroatoms. The maximum Gasteiger partial charge on any atom is 0.262 e. The fourth-order valence-electron chi connectivity index (χ4n) is 2.35. The Morgan fingerprint density at radius 2 is 1.64 bits per heavy atom. The predicted molar refractivity (Wildman–Crippen MR) is 86.9 cm³/mol. The van der Waals surface area contributed by atoms with Gasteiger partial charge in [0.1, 0.15) is 0 Å². The van der Waals surface area contributed by atoms with E-state index < -0.39 is 0 Å². The number of nitriles is 1. The molecule has 0 aliphatic carbocycles. The van der Waals surface area contributed by atoms with Crippen LogP contribution in [-0.4, -0.2) is 4.57 Å². The Hall–Kier alpha value is -3.12. The molecule has 0 N–H and O–H groups in total. The van der Waals surface area contributed by atoms with E-state index in [2.05, 4.69) is 6.07 Å². The summed E-state index contributed by atoms with van der Waals surface area (Å²) >= 11 is 0. The molecular formula is C19H14N2O. The molecule has 0 saturated carbocycles. The zero-order valence-electron chi connectivity index (χ0n) is 12.2. The molecule has 0 spiro atoms. The van der Waals surface area contributed by atoms with Crippen molar-refractivity contribution < 1.29 is 0 Å². The van der Waals surface area contributed by atoms with Gasteiger partial charge in [0.15, 0.2) is 0 Å². The number of aromatic nitrogens is 1. The van der Waals surface area contributed by atoms with Crippen LogP contribution in [0.2, 0.25) is 0 Å². The zero-order valence-corrected chi connectivity index (χ0v) is 12.2. The number of aryl methyl sites for hydroxylation is 1. The van der Waals surface area contributed by atoms with Crippen LogP contribution in [0.25, 0.3) is 16.8 Å². The SMILES string of the molecule is Cc1ccc(-c2cccn(-c3ccc(C#N)cc3)c2=O)cc1. The van der Waals surface area contributed by atoms with Crippen LogP contribution < -0.4 is 5.56 Å². The maximum absolute atomic E-state index is 12.7. The van der Waals surface area contributed by atoms with Gasteiger partial charge in [-0.1, -0.05) is 29.8 Å². The second kappa shape index (κ2) is 5.71. The summed E-state index contributed by atoms with van der Waals surface area (Å²) in [6, 6.07) is 20.6. The number of hydrogen-bond donors (Lipinski definition) is 0. The lowest BCUT2D eigenvalue weighted by Gasteiger charge is -2.08. The van der Waals surface area contributed by atoms with E-state index in [1.165, 1.54) is 0 Å². The Morgan fingerprint density at radius 3 is 2.27 bits per heavy atom. The zero-order chi connectivity index (χ0) is 15.5. The summed E-state index contributed by atoms with van der Waals surface area (Å²) in [7, 11) is 0. The first-order valence-electron chi connectivity index (χ1n) is 6.98. The number of benzene rings is 2. The first kappa shape index (κ1) is 13.8. The van der Waals surface area contributed by atoms with E-state index in [0.29, 0.717) is 11.1 Å². The van der Waals surface area contributed by atoms with Crippen molar-refractivity contribution in [1.29, 1.82) is 5.26 Å². The highest BCUT2D eigenvalue weighted by atomic mass is 16.1. The van der Waals surface area contributed by atoms with Crippen LogP contribution in [0.1, 0.15) is 11.1 Å². The molecule has 1 aromatic heterocycles. The van der Waals surface area contributed by atoms with Gasteiger partial charge in [-0.15, -0.1) is 0 Å². The van der Waals surface area contributed by atoms with Gasteiger partial charge in [-0.05, 0) is 48.9 Å². The monoisotopic (exact) mass is 286 g/mol. The van der Waals surface area contributed by atoms with E-state index in [9.17, 15) is 4.79 Å². The minimum absolute atomic E-state index is 0.0731. The lowest BCUT2D eigenvalue weighted by Crippen LogP contribution is -2.19. The van der Waals surface area contributed by atoms with Gasteiger partial charge in [0.25, 0.3) is 5.56 Å². The summed E-state index contributed by atoms with van der Waals surface area (Å²) in [6.07, 6.45) is 1.74. The van der Waals surface area contributed by atoms with Gasteiger partial charge in [0.2, 0.25) is 0 Å².